The molecule has 2 aromatic rings. The van der Waals surface area contributed by atoms with Gasteiger partial charge in [0.25, 0.3) is 5.91 Å². The standard InChI is InChI=1S/C22H29N3O3/c1-4-5-12-23-22(27)17-8-6-10-19(13-17)25-21(26)15-24-18-9-7-11-20(14-18)28-16(2)3/h6-11,13-14,16,24H,4-5,12,15H2,1-3H3,(H,23,27)(H,25,26). The van der Waals surface area contributed by atoms with Crippen LogP contribution >= 0.6 is 0 Å². The number of hydrogen-bond donors (Lipinski definition) is 3. The van der Waals surface area contributed by atoms with Gasteiger partial charge in [-0.25, -0.2) is 0 Å². The highest BCUT2D eigenvalue weighted by Gasteiger charge is 2.08. The summed E-state index contributed by atoms with van der Waals surface area (Å²) in [4.78, 5) is 24.4. The number of unbranched alkanes of at least 4 members (excludes halogenated alkanes) is 1. The van der Waals surface area contributed by atoms with E-state index in [2.05, 4.69) is 22.9 Å². The molecule has 0 bridgehead atoms. The van der Waals surface area contributed by atoms with E-state index >= 15 is 0 Å². The van der Waals surface area contributed by atoms with Gasteiger partial charge in [0.15, 0.2) is 0 Å². The third kappa shape index (κ3) is 7.31. The van der Waals surface area contributed by atoms with Crippen molar-refractivity contribution < 1.29 is 14.3 Å². The van der Waals surface area contributed by atoms with Gasteiger partial charge in [-0.15, -0.1) is 0 Å². The number of benzene rings is 2. The lowest BCUT2D eigenvalue weighted by Crippen LogP contribution is -2.25. The van der Waals surface area contributed by atoms with Crippen LogP contribution in [0.15, 0.2) is 48.5 Å². The summed E-state index contributed by atoms with van der Waals surface area (Å²) in [6.07, 6.45) is 2.05. The minimum absolute atomic E-state index is 0.0880. The molecule has 0 radical (unpaired) electrons. The fraction of sp³-hybridized carbons (Fsp3) is 0.364. The molecule has 6 heteroatoms. The number of amides is 2. The third-order valence-corrected chi connectivity index (χ3v) is 3.88. The fourth-order valence-corrected chi connectivity index (χ4v) is 2.56. The molecule has 0 aliphatic heterocycles. The molecule has 0 saturated heterocycles. The lowest BCUT2D eigenvalue weighted by Gasteiger charge is -2.12. The number of nitrogens with one attached hydrogen (secondary N) is 3. The van der Waals surface area contributed by atoms with E-state index in [1.165, 1.54) is 0 Å². The zero-order valence-corrected chi connectivity index (χ0v) is 16.7. The van der Waals surface area contributed by atoms with Gasteiger partial charge in [0.2, 0.25) is 5.91 Å². The number of hydrogen-bond acceptors (Lipinski definition) is 4. The zero-order valence-electron chi connectivity index (χ0n) is 16.7. The lowest BCUT2D eigenvalue weighted by atomic mass is 10.2. The van der Waals surface area contributed by atoms with Crippen LogP contribution in [0.4, 0.5) is 11.4 Å². The van der Waals surface area contributed by atoms with Gasteiger partial charge >= 0.3 is 0 Å². The molecule has 3 N–H and O–H groups in total. The molecule has 0 spiro atoms. The molecule has 2 rings (SSSR count). The first kappa shape index (κ1) is 21.3. The highest BCUT2D eigenvalue weighted by Crippen LogP contribution is 2.18. The van der Waals surface area contributed by atoms with Crippen molar-refractivity contribution in [2.24, 2.45) is 0 Å². The molecule has 2 amide bonds. The summed E-state index contributed by atoms with van der Waals surface area (Å²) in [5.74, 6) is 0.422. The smallest absolute Gasteiger partial charge is 0.251 e. The van der Waals surface area contributed by atoms with Crippen molar-refractivity contribution in [3.63, 3.8) is 0 Å². The van der Waals surface area contributed by atoms with Gasteiger partial charge in [-0.05, 0) is 50.6 Å². The minimum atomic E-state index is -0.196. The molecular formula is C22H29N3O3. The molecule has 28 heavy (non-hydrogen) atoms. The predicted octanol–water partition coefficient (Wildman–Crippen LogP) is 4.05. The van der Waals surface area contributed by atoms with Crippen molar-refractivity contribution in [1.29, 1.82) is 0 Å². The van der Waals surface area contributed by atoms with E-state index in [1.54, 1.807) is 24.3 Å². The molecule has 0 unspecified atom stereocenters. The molecule has 2 aromatic carbocycles. The Kier molecular flexibility index (Phi) is 8.34. The molecule has 0 heterocycles. The van der Waals surface area contributed by atoms with Crippen molar-refractivity contribution in [2.75, 3.05) is 23.7 Å². The average Bonchev–Trinajstić information content (AvgIpc) is 2.66. The van der Waals surface area contributed by atoms with E-state index in [4.69, 9.17) is 4.74 Å². The normalized spacial score (nSPS) is 10.4. The number of anilines is 2. The summed E-state index contributed by atoms with van der Waals surface area (Å²) in [5.41, 5.74) is 1.92. The molecule has 0 atom stereocenters. The van der Waals surface area contributed by atoms with Crippen LogP contribution in [-0.2, 0) is 4.79 Å². The van der Waals surface area contributed by atoms with Crippen molar-refractivity contribution in [2.45, 2.75) is 39.7 Å². The van der Waals surface area contributed by atoms with Crippen molar-refractivity contribution in [1.82, 2.24) is 5.32 Å². The van der Waals surface area contributed by atoms with Gasteiger partial charge in [0.1, 0.15) is 5.75 Å². The van der Waals surface area contributed by atoms with E-state index in [-0.39, 0.29) is 24.5 Å². The van der Waals surface area contributed by atoms with E-state index in [1.807, 2.05) is 38.1 Å². The first-order valence-corrected chi connectivity index (χ1v) is 9.66. The SMILES string of the molecule is CCCCNC(=O)c1cccc(NC(=O)CNc2cccc(OC(C)C)c2)c1. The van der Waals surface area contributed by atoms with Crippen molar-refractivity contribution in [3.05, 3.63) is 54.1 Å². The van der Waals surface area contributed by atoms with Crippen LogP contribution in [0.5, 0.6) is 5.75 Å². The summed E-state index contributed by atoms with van der Waals surface area (Å²) >= 11 is 0. The second-order valence-electron chi connectivity index (χ2n) is 6.79. The highest BCUT2D eigenvalue weighted by molar-refractivity contribution is 5.98. The monoisotopic (exact) mass is 383 g/mol. The summed E-state index contributed by atoms with van der Waals surface area (Å²) in [5, 5.41) is 8.76. The van der Waals surface area contributed by atoms with Crippen LogP contribution < -0.4 is 20.7 Å². The predicted molar refractivity (Wildman–Crippen MR) is 113 cm³/mol. The van der Waals surface area contributed by atoms with Gasteiger partial charge in [0, 0.05) is 29.5 Å². The first-order chi connectivity index (χ1) is 13.5. The topological polar surface area (TPSA) is 79.5 Å². The summed E-state index contributed by atoms with van der Waals surface area (Å²) < 4.78 is 5.65. The van der Waals surface area contributed by atoms with E-state index in [9.17, 15) is 9.59 Å². The fourth-order valence-electron chi connectivity index (χ4n) is 2.56. The largest absolute Gasteiger partial charge is 0.491 e. The maximum atomic E-state index is 12.2. The Morgan fingerprint density at radius 3 is 2.54 bits per heavy atom. The lowest BCUT2D eigenvalue weighted by molar-refractivity contribution is -0.114. The van der Waals surface area contributed by atoms with Crippen LogP contribution in [0.25, 0.3) is 0 Å². The third-order valence-electron chi connectivity index (χ3n) is 3.88. The maximum Gasteiger partial charge on any atom is 0.251 e. The molecule has 6 nitrogen and oxygen atoms in total. The van der Waals surface area contributed by atoms with Crippen molar-refractivity contribution >= 4 is 23.2 Å². The summed E-state index contributed by atoms with van der Waals surface area (Å²) in [6, 6.07) is 14.4. The molecule has 150 valence electrons. The molecule has 0 aromatic heterocycles. The maximum absolute atomic E-state index is 12.2. The van der Waals surface area contributed by atoms with Gasteiger partial charge in [-0.3, -0.25) is 9.59 Å². The number of ether oxygens (including phenoxy) is 1. The quantitative estimate of drug-likeness (QED) is 0.541. The Morgan fingerprint density at radius 1 is 1.04 bits per heavy atom. The molecular weight excluding hydrogens is 354 g/mol. The van der Waals surface area contributed by atoms with Crippen LogP contribution in [0.1, 0.15) is 44.0 Å². The van der Waals surface area contributed by atoms with Crippen LogP contribution in [0.2, 0.25) is 0 Å². The Bertz CT molecular complexity index is 790. The van der Waals surface area contributed by atoms with E-state index < -0.39 is 0 Å². The van der Waals surface area contributed by atoms with Gasteiger partial charge in [-0.2, -0.15) is 0 Å². The Labute approximate surface area is 166 Å². The first-order valence-electron chi connectivity index (χ1n) is 9.66. The molecule has 0 fully saturated rings. The van der Waals surface area contributed by atoms with Crippen LogP contribution in [0.3, 0.4) is 0 Å². The summed E-state index contributed by atoms with van der Waals surface area (Å²) in [7, 11) is 0. The second-order valence-corrected chi connectivity index (χ2v) is 6.79. The molecule has 0 aliphatic carbocycles. The Balaban J connectivity index is 1.88. The highest BCUT2D eigenvalue weighted by atomic mass is 16.5. The number of carbonyl (C=O) groups is 2. The van der Waals surface area contributed by atoms with Gasteiger partial charge < -0.3 is 20.7 Å². The zero-order chi connectivity index (χ0) is 20.4. The summed E-state index contributed by atoms with van der Waals surface area (Å²) in [6.45, 7) is 6.76. The van der Waals surface area contributed by atoms with Crippen molar-refractivity contribution in [3.8, 4) is 5.75 Å². The minimum Gasteiger partial charge on any atom is -0.491 e. The van der Waals surface area contributed by atoms with E-state index in [0.29, 0.717) is 17.8 Å². The molecule has 0 aliphatic rings. The Morgan fingerprint density at radius 2 is 1.79 bits per heavy atom. The second kappa shape index (κ2) is 11.0. The van der Waals surface area contributed by atoms with E-state index in [0.717, 1.165) is 24.3 Å². The Hall–Kier alpha value is -3.02. The van der Waals surface area contributed by atoms with Gasteiger partial charge in [-0.1, -0.05) is 25.5 Å². The number of rotatable bonds is 10. The van der Waals surface area contributed by atoms with Crippen LogP contribution in [0, 0.1) is 0 Å². The van der Waals surface area contributed by atoms with Crippen LogP contribution in [-0.4, -0.2) is 31.0 Å². The van der Waals surface area contributed by atoms with Gasteiger partial charge in [0.05, 0.1) is 12.6 Å². The average molecular weight is 383 g/mol. The number of carbonyl (C=O) groups excluding carboxylic acids is 2. The molecule has 0 saturated carbocycles.